The minimum absolute atomic E-state index is 0. The molecule has 0 amide bonds. The molecular formula is C9H13Li. The van der Waals surface area contributed by atoms with E-state index < -0.39 is 0 Å². The minimum Gasteiger partial charge on any atom is -0.503 e. The Bertz CT molecular complexity index is 95.3. The molecule has 0 radical (unpaired) electrons. The van der Waals surface area contributed by atoms with Gasteiger partial charge in [-0.3, -0.25) is 6.58 Å². The van der Waals surface area contributed by atoms with Crippen molar-refractivity contribution < 1.29 is 18.9 Å². The van der Waals surface area contributed by atoms with Crippen LogP contribution in [0.1, 0.15) is 12.8 Å². The Morgan fingerprint density at radius 1 is 1.40 bits per heavy atom. The summed E-state index contributed by atoms with van der Waals surface area (Å²) in [6.07, 6.45) is 8.51. The maximum absolute atomic E-state index is 3.68. The summed E-state index contributed by atoms with van der Waals surface area (Å²) in [6.45, 7) is 10.8. The molecule has 10 heavy (non-hydrogen) atoms. The van der Waals surface area contributed by atoms with Crippen LogP contribution in [0.3, 0.4) is 0 Å². The fraction of sp³-hybridized carbons (Fsp3) is 0.333. The fourth-order valence-corrected chi connectivity index (χ4v) is 0.662. The van der Waals surface area contributed by atoms with E-state index in [4.69, 9.17) is 0 Å². The zero-order valence-corrected chi connectivity index (χ0v) is 6.77. The van der Waals surface area contributed by atoms with Gasteiger partial charge in [0.25, 0.3) is 0 Å². The van der Waals surface area contributed by atoms with E-state index in [0.29, 0.717) is 5.92 Å². The SMILES string of the molecule is C=[C-]CC(C=C)CC=C.[Li+]. The van der Waals surface area contributed by atoms with E-state index >= 15 is 0 Å². The third-order valence-corrected chi connectivity index (χ3v) is 1.21. The normalized spacial score (nSPS) is 10.8. The van der Waals surface area contributed by atoms with Crippen LogP contribution in [0.15, 0.2) is 31.9 Å². The summed E-state index contributed by atoms with van der Waals surface area (Å²) < 4.78 is 0. The van der Waals surface area contributed by atoms with Crippen LogP contribution in [0, 0.1) is 12.0 Å². The summed E-state index contributed by atoms with van der Waals surface area (Å²) >= 11 is 0. The second-order valence-electron chi connectivity index (χ2n) is 1.97. The van der Waals surface area contributed by atoms with E-state index in [2.05, 4.69) is 25.8 Å². The smallest absolute Gasteiger partial charge is 0.503 e. The molecular weight excluding hydrogens is 115 g/mol. The first-order valence-corrected chi connectivity index (χ1v) is 3.08. The van der Waals surface area contributed by atoms with Crippen LogP contribution in [-0.2, 0) is 0 Å². The first-order chi connectivity index (χ1) is 4.35. The van der Waals surface area contributed by atoms with Crippen molar-refractivity contribution in [3.05, 3.63) is 38.0 Å². The Morgan fingerprint density at radius 2 is 2.00 bits per heavy atom. The molecule has 0 heterocycles. The third-order valence-electron chi connectivity index (χ3n) is 1.21. The number of hydrogen-bond acceptors (Lipinski definition) is 0. The van der Waals surface area contributed by atoms with Crippen molar-refractivity contribution in [1.82, 2.24) is 0 Å². The van der Waals surface area contributed by atoms with Crippen molar-refractivity contribution in [1.29, 1.82) is 0 Å². The molecule has 0 aliphatic carbocycles. The minimum atomic E-state index is 0. The Morgan fingerprint density at radius 3 is 2.30 bits per heavy atom. The average Bonchev–Trinajstić information content (AvgIpc) is 1.88. The molecule has 0 saturated heterocycles. The van der Waals surface area contributed by atoms with Gasteiger partial charge in [-0.2, -0.15) is 6.42 Å². The van der Waals surface area contributed by atoms with Gasteiger partial charge >= 0.3 is 18.9 Å². The van der Waals surface area contributed by atoms with Gasteiger partial charge in [-0.05, 0) is 12.3 Å². The fourth-order valence-electron chi connectivity index (χ4n) is 0.662. The molecule has 1 unspecified atom stereocenters. The van der Waals surface area contributed by atoms with Crippen LogP contribution < -0.4 is 18.9 Å². The Balaban J connectivity index is 0. The monoisotopic (exact) mass is 128 g/mol. The van der Waals surface area contributed by atoms with Gasteiger partial charge in [0.15, 0.2) is 0 Å². The molecule has 0 rings (SSSR count). The van der Waals surface area contributed by atoms with E-state index in [0.717, 1.165) is 12.8 Å². The van der Waals surface area contributed by atoms with Crippen LogP contribution >= 0.6 is 0 Å². The van der Waals surface area contributed by atoms with Crippen LogP contribution in [0.5, 0.6) is 0 Å². The third kappa shape index (κ3) is 5.95. The van der Waals surface area contributed by atoms with Crippen LogP contribution in [0.25, 0.3) is 0 Å². The predicted octanol–water partition coefficient (Wildman–Crippen LogP) is -0.252. The second-order valence-corrected chi connectivity index (χ2v) is 1.97. The molecule has 1 atom stereocenters. The molecule has 0 spiro atoms. The first kappa shape index (κ1) is 12.5. The number of rotatable bonds is 5. The van der Waals surface area contributed by atoms with Gasteiger partial charge in [0.2, 0.25) is 0 Å². The molecule has 0 N–H and O–H groups in total. The van der Waals surface area contributed by atoms with Gasteiger partial charge in [-0.15, -0.1) is 13.2 Å². The van der Waals surface area contributed by atoms with Gasteiger partial charge in [-0.1, -0.05) is 12.2 Å². The standard InChI is InChI=1S/C9H13.Li/c1-4-7-9(6-3)8-5-2;/h4,6,9H,1-3,7-8H2;/q-1;+1. The molecule has 1 heteroatoms. The number of allylic oxidation sites excluding steroid dienone is 3. The summed E-state index contributed by atoms with van der Waals surface area (Å²) in [5.74, 6) is 0.486. The molecule has 0 fully saturated rings. The summed E-state index contributed by atoms with van der Waals surface area (Å²) in [6, 6.07) is 0. The van der Waals surface area contributed by atoms with E-state index in [1.165, 1.54) is 0 Å². The molecule has 0 bridgehead atoms. The van der Waals surface area contributed by atoms with E-state index in [-0.39, 0.29) is 18.9 Å². The summed E-state index contributed by atoms with van der Waals surface area (Å²) in [5.41, 5.74) is 0. The molecule has 0 aliphatic rings. The van der Waals surface area contributed by atoms with Gasteiger partial charge in [0.1, 0.15) is 0 Å². The van der Waals surface area contributed by atoms with Crippen molar-refractivity contribution in [3.63, 3.8) is 0 Å². The van der Waals surface area contributed by atoms with Crippen molar-refractivity contribution in [2.45, 2.75) is 12.8 Å². The zero-order chi connectivity index (χ0) is 7.11. The molecule has 0 aliphatic heterocycles. The van der Waals surface area contributed by atoms with E-state index in [9.17, 15) is 0 Å². The topological polar surface area (TPSA) is 0 Å². The van der Waals surface area contributed by atoms with Crippen LogP contribution in [-0.4, -0.2) is 0 Å². The maximum Gasteiger partial charge on any atom is 1.00 e. The quantitative estimate of drug-likeness (QED) is 0.272. The zero-order valence-electron chi connectivity index (χ0n) is 6.77. The van der Waals surface area contributed by atoms with Gasteiger partial charge in [0, 0.05) is 0 Å². The molecule has 0 aromatic carbocycles. The van der Waals surface area contributed by atoms with Crippen molar-refractivity contribution in [2.24, 2.45) is 5.92 Å². The van der Waals surface area contributed by atoms with Gasteiger partial charge in [0.05, 0.1) is 0 Å². The Hall–Kier alpha value is -0.183. The van der Waals surface area contributed by atoms with Crippen LogP contribution in [0.2, 0.25) is 0 Å². The molecule has 50 valence electrons. The van der Waals surface area contributed by atoms with E-state index in [1.807, 2.05) is 12.2 Å². The predicted molar refractivity (Wildman–Crippen MR) is 42.0 cm³/mol. The summed E-state index contributed by atoms with van der Waals surface area (Å²) in [7, 11) is 0. The van der Waals surface area contributed by atoms with Crippen molar-refractivity contribution >= 4 is 0 Å². The van der Waals surface area contributed by atoms with E-state index in [1.54, 1.807) is 0 Å². The molecule has 0 nitrogen and oxygen atoms in total. The molecule has 0 aromatic heterocycles. The van der Waals surface area contributed by atoms with Gasteiger partial charge in [-0.25, -0.2) is 0 Å². The summed E-state index contributed by atoms with van der Waals surface area (Å²) in [4.78, 5) is 0. The molecule has 0 saturated carbocycles. The van der Waals surface area contributed by atoms with Crippen molar-refractivity contribution in [3.8, 4) is 0 Å². The van der Waals surface area contributed by atoms with Crippen LogP contribution in [0.4, 0.5) is 0 Å². The Labute approximate surface area is 75.9 Å². The second kappa shape index (κ2) is 8.82. The summed E-state index contributed by atoms with van der Waals surface area (Å²) in [5, 5.41) is 0. The maximum atomic E-state index is 3.68. The van der Waals surface area contributed by atoms with Crippen molar-refractivity contribution in [2.75, 3.05) is 0 Å². The van der Waals surface area contributed by atoms with Gasteiger partial charge < -0.3 is 6.08 Å². The average molecular weight is 128 g/mol. The first-order valence-electron chi connectivity index (χ1n) is 3.08. The Kier molecular flexibility index (Phi) is 11.0. The molecule has 0 aromatic rings. The largest absolute Gasteiger partial charge is 1.00 e. The number of hydrogen-bond donors (Lipinski definition) is 0.